The van der Waals surface area contributed by atoms with Gasteiger partial charge in [0, 0.05) is 24.4 Å². The normalized spacial score (nSPS) is 13.0. The van der Waals surface area contributed by atoms with E-state index in [2.05, 4.69) is 45.7 Å². The summed E-state index contributed by atoms with van der Waals surface area (Å²) >= 11 is 1.66. The molecule has 1 aliphatic heterocycles. The molecule has 0 spiro atoms. The molecule has 0 unspecified atom stereocenters. The summed E-state index contributed by atoms with van der Waals surface area (Å²) in [4.78, 5) is 10.1. The minimum Gasteiger partial charge on any atom is -0.493 e. The average Bonchev–Trinajstić information content (AvgIpc) is 3.21. The second-order valence-electron chi connectivity index (χ2n) is 5.77. The van der Waals surface area contributed by atoms with Crippen LogP contribution in [0.5, 0.6) is 5.75 Å². The summed E-state index contributed by atoms with van der Waals surface area (Å²) in [6, 6.07) is 6.49. The summed E-state index contributed by atoms with van der Waals surface area (Å²) < 4.78 is 5.56. The molecule has 2 aromatic rings. The maximum atomic E-state index is 5.56. The van der Waals surface area contributed by atoms with Crippen LogP contribution in [0.3, 0.4) is 0 Å². The Hall–Kier alpha value is -1.35. The zero-order valence-corrected chi connectivity index (χ0v) is 17.8. The first-order valence-electron chi connectivity index (χ1n) is 8.42. The Morgan fingerprint density at radius 1 is 1.36 bits per heavy atom. The van der Waals surface area contributed by atoms with Gasteiger partial charge in [-0.3, -0.25) is 0 Å². The molecular formula is C18H25IN4OS. The van der Waals surface area contributed by atoms with Crippen LogP contribution in [0.15, 0.2) is 28.7 Å². The molecule has 0 saturated carbocycles. The van der Waals surface area contributed by atoms with Crippen molar-refractivity contribution in [3.63, 3.8) is 0 Å². The van der Waals surface area contributed by atoms with E-state index in [-0.39, 0.29) is 24.0 Å². The molecule has 0 atom stereocenters. The van der Waals surface area contributed by atoms with Crippen molar-refractivity contribution in [3.8, 4) is 5.75 Å². The average molecular weight is 472 g/mol. The fraction of sp³-hybridized carbons (Fsp3) is 0.444. The number of benzene rings is 1. The number of nitrogens with zero attached hydrogens (tertiary/aromatic N) is 2. The molecule has 0 bridgehead atoms. The van der Waals surface area contributed by atoms with Gasteiger partial charge in [-0.05, 0) is 37.5 Å². The first-order valence-corrected chi connectivity index (χ1v) is 9.30. The van der Waals surface area contributed by atoms with Crippen molar-refractivity contribution < 1.29 is 4.74 Å². The Labute approximate surface area is 170 Å². The number of rotatable bonds is 6. The maximum Gasteiger partial charge on any atom is 0.191 e. The van der Waals surface area contributed by atoms with E-state index in [0.29, 0.717) is 6.54 Å². The predicted molar refractivity (Wildman–Crippen MR) is 114 cm³/mol. The maximum absolute atomic E-state index is 5.56. The van der Waals surface area contributed by atoms with Gasteiger partial charge in [-0.15, -0.1) is 35.3 Å². The minimum absolute atomic E-state index is 0. The van der Waals surface area contributed by atoms with Crippen LogP contribution in [0.1, 0.15) is 28.6 Å². The second kappa shape index (κ2) is 9.96. The van der Waals surface area contributed by atoms with E-state index in [1.807, 2.05) is 12.4 Å². The first kappa shape index (κ1) is 20.0. The van der Waals surface area contributed by atoms with E-state index in [9.17, 15) is 0 Å². The van der Waals surface area contributed by atoms with Crippen LogP contribution in [0, 0.1) is 6.92 Å². The van der Waals surface area contributed by atoms with Crippen LogP contribution in [-0.4, -0.2) is 30.6 Å². The van der Waals surface area contributed by atoms with Crippen LogP contribution in [-0.2, 0) is 19.4 Å². The topological polar surface area (TPSA) is 58.5 Å². The van der Waals surface area contributed by atoms with E-state index >= 15 is 0 Å². The third-order valence-electron chi connectivity index (χ3n) is 4.03. The van der Waals surface area contributed by atoms with Crippen LogP contribution < -0.4 is 15.4 Å². The van der Waals surface area contributed by atoms with Gasteiger partial charge in [0.05, 0.1) is 24.4 Å². The first-order chi connectivity index (χ1) is 11.8. The Bertz CT molecular complexity index is 717. The van der Waals surface area contributed by atoms with E-state index in [4.69, 9.17) is 4.74 Å². The second-order valence-corrected chi connectivity index (χ2v) is 6.71. The fourth-order valence-corrected chi connectivity index (χ4v) is 3.39. The summed E-state index contributed by atoms with van der Waals surface area (Å²) in [5.41, 5.74) is 5.60. The number of halogens is 1. The number of nitrogens with one attached hydrogen (secondary N) is 2. The zero-order chi connectivity index (χ0) is 16.8. The molecule has 0 saturated heterocycles. The van der Waals surface area contributed by atoms with Gasteiger partial charge in [-0.2, -0.15) is 0 Å². The van der Waals surface area contributed by atoms with Gasteiger partial charge in [0.25, 0.3) is 0 Å². The molecule has 0 amide bonds. The van der Waals surface area contributed by atoms with Crippen LogP contribution in [0.25, 0.3) is 0 Å². The van der Waals surface area contributed by atoms with Gasteiger partial charge < -0.3 is 15.4 Å². The van der Waals surface area contributed by atoms with Crippen LogP contribution in [0.2, 0.25) is 0 Å². The van der Waals surface area contributed by atoms with Crippen molar-refractivity contribution in [1.82, 2.24) is 15.6 Å². The van der Waals surface area contributed by atoms with Crippen molar-refractivity contribution in [2.75, 3.05) is 19.7 Å². The standard InChI is InChI=1S/C18H24N4OS.HI/c1-3-19-18(21-11-17-13(2)22-12-24-17)20-8-6-14-4-5-16-15(10-14)7-9-23-16;/h4-5,10,12H,3,6-9,11H2,1-2H3,(H2,19,20,21);1H. The summed E-state index contributed by atoms with van der Waals surface area (Å²) in [5, 5.41) is 6.71. The van der Waals surface area contributed by atoms with E-state index in [0.717, 1.165) is 49.9 Å². The Balaban J connectivity index is 0.00000225. The smallest absolute Gasteiger partial charge is 0.191 e. The summed E-state index contributed by atoms with van der Waals surface area (Å²) in [7, 11) is 0. The molecule has 2 heterocycles. The SMILES string of the molecule is CCNC(=NCc1scnc1C)NCCc1ccc2c(c1)CCO2.I. The Morgan fingerprint density at radius 3 is 3.00 bits per heavy atom. The molecule has 0 fully saturated rings. The van der Waals surface area contributed by atoms with E-state index in [1.54, 1.807) is 11.3 Å². The molecule has 2 N–H and O–H groups in total. The molecule has 1 aromatic carbocycles. The molecular weight excluding hydrogens is 447 g/mol. The quantitative estimate of drug-likeness (QED) is 0.385. The summed E-state index contributed by atoms with van der Waals surface area (Å²) in [6.45, 7) is 7.29. The molecule has 0 aliphatic carbocycles. The van der Waals surface area contributed by atoms with Crippen molar-refractivity contribution in [2.24, 2.45) is 4.99 Å². The number of aliphatic imine (C=N–C) groups is 1. The number of fused-ring (bicyclic) bond motifs is 1. The lowest BCUT2D eigenvalue weighted by Gasteiger charge is -2.11. The number of ether oxygens (including phenoxy) is 1. The zero-order valence-electron chi connectivity index (χ0n) is 14.7. The van der Waals surface area contributed by atoms with Crippen molar-refractivity contribution in [1.29, 1.82) is 0 Å². The van der Waals surface area contributed by atoms with Gasteiger partial charge in [-0.1, -0.05) is 12.1 Å². The molecule has 0 radical (unpaired) electrons. The lowest BCUT2D eigenvalue weighted by Crippen LogP contribution is -2.38. The van der Waals surface area contributed by atoms with Gasteiger partial charge >= 0.3 is 0 Å². The highest BCUT2D eigenvalue weighted by atomic mass is 127. The lowest BCUT2D eigenvalue weighted by atomic mass is 10.1. The van der Waals surface area contributed by atoms with Gasteiger partial charge in [0.15, 0.2) is 5.96 Å². The summed E-state index contributed by atoms with van der Waals surface area (Å²) in [5.74, 6) is 1.90. The molecule has 25 heavy (non-hydrogen) atoms. The number of hydrogen-bond donors (Lipinski definition) is 2. The molecule has 1 aliphatic rings. The van der Waals surface area contributed by atoms with Crippen molar-refractivity contribution in [3.05, 3.63) is 45.4 Å². The van der Waals surface area contributed by atoms with E-state index in [1.165, 1.54) is 16.0 Å². The minimum atomic E-state index is 0. The molecule has 136 valence electrons. The highest BCUT2D eigenvalue weighted by Gasteiger charge is 2.11. The lowest BCUT2D eigenvalue weighted by molar-refractivity contribution is 0.357. The molecule has 1 aromatic heterocycles. The van der Waals surface area contributed by atoms with Crippen LogP contribution in [0.4, 0.5) is 0 Å². The van der Waals surface area contributed by atoms with Gasteiger partial charge in [0.2, 0.25) is 0 Å². The Morgan fingerprint density at radius 2 is 2.24 bits per heavy atom. The predicted octanol–water partition coefficient (Wildman–Crippen LogP) is 3.30. The number of aryl methyl sites for hydroxylation is 1. The van der Waals surface area contributed by atoms with Crippen LogP contribution >= 0.6 is 35.3 Å². The molecule has 3 rings (SSSR count). The number of aromatic nitrogens is 1. The number of hydrogen-bond acceptors (Lipinski definition) is 4. The number of guanidine groups is 1. The third-order valence-corrected chi connectivity index (χ3v) is 4.95. The highest BCUT2D eigenvalue weighted by molar-refractivity contribution is 14.0. The van der Waals surface area contributed by atoms with E-state index < -0.39 is 0 Å². The Kier molecular flexibility index (Phi) is 7.95. The number of thiazole rings is 1. The highest BCUT2D eigenvalue weighted by Crippen LogP contribution is 2.25. The van der Waals surface area contributed by atoms with Crippen molar-refractivity contribution >= 4 is 41.3 Å². The van der Waals surface area contributed by atoms with Gasteiger partial charge in [-0.25, -0.2) is 9.98 Å². The fourth-order valence-electron chi connectivity index (χ4n) is 2.69. The monoisotopic (exact) mass is 472 g/mol. The summed E-state index contributed by atoms with van der Waals surface area (Å²) in [6.07, 6.45) is 1.99. The van der Waals surface area contributed by atoms with Crippen molar-refractivity contribution in [2.45, 2.75) is 33.2 Å². The molecule has 5 nitrogen and oxygen atoms in total. The largest absolute Gasteiger partial charge is 0.493 e. The third kappa shape index (κ3) is 5.57. The van der Waals surface area contributed by atoms with Gasteiger partial charge in [0.1, 0.15) is 5.75 Å². The molecule has 7 heteroatoms.